The van der Waals surface area contributed by atoms with Crippen LogP contribution in [0.1, 0.15) is 42.5 Å². The zero-order chi connectivity index (χ0) is 18.0. The van der Waals surface area contributed by atoms with Crippen LogP contribution in [0.25, 0.3) is 0 Å². The van der Waals surface area contributed by atoms with Crippen LogP contribution in [0.15, 0.2) is 12.3 Å². The largest absolute Gasteiger partial charge is 0.479 e. The molecule has 1 aromatic rings. The lowest BCUT2D eigenvalue weighted by Gasteiger charge is -2.29. The number of carbonyl (C=O) groups is 1. The van der Waals surface area contributed by atoms with E-state index in [4.69, 9.17) is 5.73 Å². The van der Waals surface area contributed by atoms with Crippen LogP contribution >= 0.6 is 11.8 Å². The van der Waals surface area contributed by atoms with Gasteiger partial charge in [-0.2, -0.15) is 11.8 Å². The van der Waals surface area contributed by atoms with Crippen LogP contribution < -0.4 is 5.73 Å². The number of hydrogen-bond acceptors (Lipinski definition) is 5. The van der Waals surface area contributed by atoms with Crippen molar-refractivity contribution in [3.63, 3.8) is 0 Å². The fourth-order valence-electron chi connectivity index (χ4n) is 3.87. The number of nitrogens with two attached hydrogens (primary N) is 1. The number of pyridine rings is 1. The molecule has 2 aliphatic rings. The van der Waals surface area contributed by atoms with Gasteiger partial charge >= 0.3 is 5.97 Å². The first kappa shape index (κ1) is 18.7. The van der Waals surface area contributed by atoms with Gasteiger partial charge in [-0.15, -0.1) is 0 Å². The summed E-state index contributed by atoms with van der Waals surface area (Å²) in [4.78, 5) is 16.1. The van der Waals surface area contributed by atoms with E-state index in [1.165, 1.54) is 43.0 Å². The summed E-state index contributed by atoms with van der Waals surface area (Å²) in [7, 11) is 0. The van der Waals surface area contributed by atoms with E-state index in [1.54, 1.807) is 6.20 Å². The zero-order valence-electron chi connectivity index (χ0n) is 14.8. The highest BCUT2D eigenvalue weighted by atomic mass is 32.2. The third-order valence-electron chi connectivity index (χ3n) is 5.69. The van der Waals surface area contributed by atoms with Gasteiger partial charge in [0.05, 0.1) is 6.04 Å². The van der Waals surface area contributed by atoms with Gasteiger partial charge in [0.15, 0.2) is 5.60 Å². The molecule has 4 N–H and O–H groups in total. The van der Waals surface area contributed by atoms with E-state index in [1.807, 2.05) is 12.3 Å². The van der Waals surface area contributed by atoms with E-state index in [9.17, 15) is 15.0 Å². The summed E-state index contributed by atoms with van der Waals surface area (Å²) >= 11 is 1.44. The van der Waals surface area contributed by atoms with Crippen LogP contribution in [-0.2, 0) is 24.1 Å². The molecule has 0 aromatic carbocycles. The minimum Gasteiger partial charge on any atom is -0.479 e. The summed E-state index contributed by atoms with van der Waals surface area (Å²) in [6, 6.07) is 1.21. The third kappa shape index (κ3) is 4.18. The maximum atomic E-state index is 11.7. The maximum absolute atomic E-state index is 11.7. The fraction of sp³-hybridized carbons (Fsp3) is 0.684. The number of thioether (sulfide) groups is 1. The Hall–Kier alpha value is -1.11. The SMILES string of the molecule is CSC[C@H](N)C(O)(Cc1nccc2c1C[C@@H](CCC1CC1)C2)C(=O)O. The van der Waals surface area contributed by atoms with Crippen molar-refractivity contribution in [1.82, 2.24) is 4.98 Å². The Morgan fingerprint density at radius 1 is 1.40 bits per heavy atom. The summed E-state index contributed by atoms with van der Waals surface area (Å²) in [6.45, 7) is 0. The molecule has 0 bridgehead atoms. The summed E-state index contributed by atoms with van der Waals surface area (Å²) < 4.78 is 0. The predicted molar refractivity (Wildman–Crippen MR) is 99.7 cm³/mol. The lowest BCUT2D eigenvalue weighted by atomic mass is 9.88. The topological polar surface area (TPSA) is 96.4 Å². The maximum Gasteiger partial charge on any atom is 0.337 e. The predicted octanol–water partition coefficient (Wildman–Crippen LogP) is 2.04. The minimum absolute atomic E-state index is 0.0252. The van der Waals surface area contributed by atoms with Crippen molar-refractivity contribution in [3.05, 3.63) is 29.1 Å². The number of aromatic nitrogens is 1. The molecule has 3 rings (SSSR count). The molecule has 0 saturated heterocycles. The molecule has 6 heteroatoms. The van der Waals surface area contributed by atoms with Gasteiger partial charge in [0.2, 0.25) is 0 Å². The Kier molecular flexibility index (Phi) is 5.71. The number of hydrogen-bond donors (Lipinski definition) is 3. The van der Waals surface area contributed by atoms with Crippen LogP contribution in [0, 0.1) is 11.8 Å². The molecule has 1 saturated carbocycles. The van der Waals surface area contributed by atoms with E-state index in [-0.39, 0.29) is 6.42 Å². The molecule has 25 heavy (non-hydrogen) atoms. The van der Waals surface area contributed by atoms with Crippen LogP contribution in [0.3, 0.4) is 0 Å². The molecule has 138 valence electrons. The van der Waals surface area contributed by atoms with Crippen molar-refractivity contribution < 1.29 is 15.0 Å². The molecule has 1 fully saturated rings. The Morgan fingerprint density at radius 3 is 2.76 bits per heavy atom. The Morgan fingerprint density at radius 2 is 2.12 bits per heavy atom. The smallest absolute Gasteiger partial charge is 0.337 e. The molecule has 2 aliphatic carbocycles. The highest BCUT2D eigenvalue weighted by Gasteiger charge is 2.43. The molecule has 0 spiro atoms. The summed E-state index contributed by atoms with van der Waals surface area (Å²) in [5, 5.41) is 20.3. The second kappa shape index (κ2) is 7.64. The number of aliphatic hydroxyl groups is 1. The average molecular weight is 365 g/mol. The number of carboxylic acids is 1. The summed E-state index contributed by atoms with van der Waals surface area (Å²) in [6.07, 6.45) is 10.8. The first-order chi connectivity index (χ1) is 11.9. The number of carboxylic acid groups (broad SMARTS) is 1. The molecule has 0 radical (unpaired) electrons. The Bertz CT molecular complexity index is 635. The van der Waals surface area contributed by atoms with Crippen molar-refractivity contribution >= 4 is 17.7 Å². The van der Waals surface area contributed by atoms with Gasteiger partial charge in [0.1, 0.15) is 0 Å². The zero-order valence-corrected chi connectivity index (χ0v) is 15.6. The number of rotatable bonds is 9. The normalized spacial score (nSPS) is 23.1. The standard InChI is InChI=1S/C19H28N2O3S/c1-25-11-17(20)19(24,18(22)23)10-16-15-9-13(5-4-12-2-3-12)8-14(15)6-7-21-16/h6-7,12-13,17,24H,2-5,8-11,20H2,1H3,(H,22,23)/t13-,17-,19?/m0/s1. The van der Waals surface area contributed by atoms with Crippen molar-refractivity contribution in [3.8, 4) is 0 Å². The molecule has 1 aromatic heterocycles. The van der Waals surface area contributed by atoms with Crippen LogP contribution in [0.2, 0.25) is 0 Å². The molecule has 3 atom stereocenters. The lowest BCUT2D eigenvalue weighted by Crippen LogP contribution is -2.57. The fourth-order valence-corrected chi connectivity index (χ4v) is 4.50. The van der Waals surface area contributed by atoms with Crippen molar-refractivity contribution in [2.45, 2.75) is 56.6 Å². The first-order valence-corrected chi connectivity index (χ1v) is 10.5. The van der Waals surface area contributed by atoms with Gasteiger partial charge in [-0.1, -0.05) is 19.3 Å². The monoisotopic (exact) mass is 364 g/mol. The highest BCUT2D eigenvalue weighted by Crippen LogP contribution is 2.38. The van der Waals surface area contributed by atoms with Crippen molar-refractivity contribution in [2.24, 2.45) is 17.6 Å². The van der Waals surface area contributed by atoms with Gasteiger partial charge in [-0.05, 0) is 54.5 Å². The van der Waals surface area contributed by atoms with E-state index >= 15 is 0 Å². The Balaban J connectivity index is 1.75. The van der Waals surface area contributed by atoms with E-state index < -0.39 is 17.6 Å². The van der Waals surface area contributed by atoms with Gasteiger partial charge < -0.3 is 15.9 Å². The summed E-state index contributed by atoms with van der Waals surface area (Å²) in [5.74, 6) is 0.679. The number of aliphatic carboxylic acids is 1. The van der Waals surface area contributed by atoms with Crippen molar-refractivity contribution in [2.75, 3.05) is 12.0 Å². The molecule has 0 amide bonds. The van der Waals surface area contributed by atoms with Gasteiger partial charge in [-0.3, -0.25) is 4.98 Å². The lowest BCUT2D eigenvalue weighted by molar-refractivity contribution is -0.160. The van der Waals surface area contributed by atoms with Gasteiger partial charge in [-0.25, -0.2) is 4.79 Å². The first-order valence-electron chi connectivity index (χ1n) is 9.10. The average Bonchev–Trinajstić information content (AvgIpc) is 3.31. The second-order valence-electron chi connectivity index (χ2n) is 7.66. The molecule has 1 heterocycles. The number of nitrogens with zero attached hydrogens (tertiary/aromatic N) is 1. The summed E-state index contributed by atoms with van der Waals surface area (Å²) in [5.41, 5.74) is 7.12. The van der Waals surface area contributed by atoms with Gasteiger partial charge in [0.25, 0.3) is 0 Å². The van der Waals surface area contributed by atoms with E-state index in [0.717, 1.165) is 24.3 Å². The van der Waals surface area contributed by atoms with Crippen LogP contribution in [0.4, 0.5) is 0 Å². The highest BCUT2D eigenvalue weighted by molar-refractivity contribution is 7.98. The minimum atomic E-state index is -1.97. The molecule has 1 unspecified atom stereocenters. The Labute approximate surface area is 153 Å². The number of fused-ring (bicyclic) bond motifs is 1. The molecule has 5 nitrogen and oxygen atoms in total. The van der Waals surface area contributed by atoms with Crippen LogP contribution in [0.5, 0.6) is 0 Å². The quantitative estimate of drug-likeness (QED) is 0.620. The van der Waals surface area contributed by atoms with Crippen molar-refractivity contribution in [1.29, 1.82) is 0 Å². The molecule has 0 aliphatic heterocycles. The molecular formula is C19H28N2O3S. The van der Waals surface area contributed by atoms with E-state index in [2.05, 4.69) is 4.98 Å². The van der Waals surface area contributed by atoms with Crippen LogP contribution in [-0.4, -0.2) is 44.8 Å². The second-order valence-corrected chi connectivity index (χ2v) is 8.57. The third-order valence-corrected chi connectivity index (χ3v) is 6.38. The molecular weight excluding hydrogens is 336 g/mol. The van der Waals surface area contributed by atoms with E-state index in [0.29, 0.717) is 17.4 Å². The van der Waals surface area contributed by atoms with Gasteiger partial charge in [0, 0.05) is 24.1 Å².